The molecule has 0 atom stereocenters. The van der Waals surface area contributed by atoms with Gasteiger partial charge in [-0.25, -0.2) is 9.78 Å². The van der Waals surface area contributed by atoms with Crippen LogP contribution >= 0.6 is 22.9 Å². The minimum Gasteiger partial charge on any atom is -0.461 e. The summed E-state index contributed by atoms with van der Waals surface area (Å²) < 4.78 is 7.71. The Morgan fingerprint density at radius 3 is 2.70 bits per heavy atom. The Kier molecular flexibility index (Phi) is 5.56. The number of rotatable bonds is 4. The van der Waals surface area contributed by atoms with E-state index in [9.17, 15) is 14.4 Å². The number of esters is 1. The van der Waals surface area contributed by atoms with Crippen molar-refractivity contribution in [1.29, 1.82) is 0 Å². The predicted octanol–water partition coefficient (Wildman–Crippen LogP) is 1.62. The summed E-state index contributed by atoms with van der Waals surface area (Å²) in [4.78, 5) is 43.3. The third-order valence-electron chi connectivity index (χ3n) is 5.07. The Hall–Kier alpha value is -2.79. The first-order valence-electron chi connectivity index (χ1n) is 9.43. The lowest BCUT2D eigenvalue weighted by Crippen LogP contribution is -2.45. The average molecular weight is 451 g/mol. The zero-order valence-corrected chi connectivity index (χ0v) is 17.9. The molecule has 3 aromatic heterocycles. The molecule has 0 N–H and O–H groups in total. The van der Waals surface area contributed by atoms with Crippen molar-refractivity contribution < 1.29 is 9.53 Å². The molecular weight excluding hydrogens is 432 g/mol. The molecule has 4 rings (SSSR count). The lowest BCUT2D eigenvalue weighted by atomic mass is 10.0. The number of ether oxygens (including phenoxy) is 1. The lowest BCUT2D eigenvalue weighted by Gasteiger charge is -2.32. The number of fused-ring (bicyclic) bond motifs is 1. The zero-order chi connectivity index (χ0) is 21.4. The first kappa shape index (κ1) is 20.5. The molecule has 10 nitrogen and oxygen atoms in total. The number of nitrogens with zero attached hydrogens (tertiary/aromatic N) is 6. The molecule has 0 spiro atoms. The summed E-state index contributed by atoms with van der Waals surface area (Å²) in [5, 5.41) is 9.22. The SMILES string of the molecule is CCOC(=O)c1nnc(N2CCC(n3c(=O)c(=O)n(C)c4cc(Cl)cnc43)CC2)s1. The highest BCUT2D eigenvalue weighted by atomic mass is 35.5. The summed E-state index contributed by atoms with van der Waals surface area (Å²) in [6.45, 7) is 3.20. The van der Waals surface area contributed by atoms with Gasteiger partial charge in [0.2, 0.25) is 10.1 Å². The first-order chi connectivity index (χ1) is 14.4. The second-order valence-corrected chi connectivity index (χ2v) is 8.26. The number of hydrogen-bond acceptors (Lipinski definition) is 9. The van der Waals surface area contributed by atoms with Gasteiger partial charge >= 0.3 is 17.1 Å². The number of carbonyl (C=O) groups excluding carboxylic acids is 1. The molecule has 1 fully saturated rings. The molecule has 0 unspecified atom stereocenters. The smallest absolute Gasteiger partial charge is 0.369 e. The van der Waals surface area contributed by atoms with Crippen molar-refractivity contribution >= 4 is 45.2 Å². The molecule has 0 bridgehead atoms. The van der Waals surface area contributed by atoms with Gasteiger partial charge in [0.15, 0.2) is 5.65 Å². The number of piperidine rings is 1. The molecule has 158 valence electrons. The molecule has 4 heterocycles. The summed E-state index contributed by atoms with van der Waals surface area (Å²) >= 11 is 7.21. The van der Waals surface area contributed by atoms with Crippen LogP contribution in [0.3, 0.4) is 0 Å². The Labute approximate surface area is 179 Å². The Balaban J connectivity index is 1.59. The van der Waals surface area contributed by atoms with Crippen molar-refractivity contribution in [2.75, 3.05) is 24.6 Å². The van der Waals surface area contributed by atoms with Gasteiger partial charge in [-0.15, -0.1) is 10.2 Å². The summed E-state index contributed by atoms with van der Waals surface area (Å²) in [5.41, 5.74) is -0.265. The maximum absolute atomic E-state index is 12.8. The topological polar surface area (TPSA) is 112 Å². The van der Waals surface area contributed by atoms with E-state index in [1.807, 2.05) is 4.90 Å². The summed E-state index contributed by atoms with van der Waals surface area (Å²) in [6.07, 6.45) is 2.69. The van der Waals surface area contributed by atoms with E-state index in [-0.39, 0.29) is 17.7 Å². The number of halogens is 1. The van der Waals surface area contributed by atoms with Crippen LogP contribution in [0.2, 0.25) is 5.02 Å². The number of carbonyl (C=O) groups is 1. The number of anilines is 1. The first-order valence-corrected chi connectivity index (χ1v) is 10.6. The number of aryl methyl sites for hydroxylation is 1. The Morgan fingerprint density at radius 2 is 2.00 bits per heavy atom. The lowest BCUT2D eigenvalue weighted by molar-refractivity contribution is 0.0525. The van der Waals surface area contributed by atoms with Crippen LogP contribution in [-0.2, 0) is 11.8 Å². The van der Waals surface area contributed by atoms with Crippen LogP contribution < -0.4 is 16.0 Å². The molecule has 1 aliphatic rings. The minimum atomic E-state index is -0.614. The highest BCUT2D eigenvalue weighted by Crippen LogP contribution is 2.29. The van der Waals surface area contributed by atoms with Crippen molar-refractivity contribution in [1.82, 2.24) is 24.3 Å². The van der Waals surface area contributed by atoms with Gasteiger partial charge in [-0.2, -0.15) is 0 Å². The number of pyridine rings is 1. The van der Waals surface area contributed by atoms with E-state index >= 15 is 0 Å². The summed E-state index contributed by atoms with van der Waals surface area (Å²) in [5.74, 6) is -0.487. The van der Waals surface area contributed by atoms with E-state index in [2.05, 4.69) is 15.2 Å². The fourth-order valence-corrected chi connectivity index (χ4v) is 4.52. The van der Waals surface area contributed by atoms with Gasteiger partial charge in [0.05, 0.1) is 17.1 Å². The Bertz CT molecular complexity index is 1230. The van der Waals surface area contributed by atoms with Crippen molar-refractivity contribution in [2.24, 2.45) is 7.05 Å². The van der Waals surface area contributed by atoms with Gasteiger partial charge in [0, 0.05) is 32.4 Å². The van der Waals surface area contributed by atoms with Crippen LogP contribution in [0.5, 0.6) is 0 Å². The zero-order valence-electron chi connectivity index (χ0n) is 16.4. The number of aromatic nitrogens is 5. The predicted molar refractivity (Wildman–Crippen MR) is 113 cm³/mol. The van der Waals surface area contributed by atoms with E-state index in [0.717, 1.165) is 0 Å². The van der Waals surface area contributed by atoms with Crippen LogP contribution in [0.15, 0.2) is 21.9 Å². The van der Waals surface area contributed by atoms with E-state index < -0.39 is 17.1 Å². The van der Waals surface area contributed by atoms with Gasteiger partial charge in [-0.1, -0.05) is 22.9 Å². The normalized spacial score (nSPS) is 15.0. The summed E-state index contributed by atoms with van der Waals surface area (Å²) in [6, 6.07) is 1.45. The largest absolute Gasteiger partial charge is 0.461 e. The molecular formula is C18H19ClN6O4S. The van der Waals surface area contributed by atoms with E-state index in [0.29, 0.717) is 47.2 Å². The highest BCUT2D eigenvalue weighted by Gasteiger charge is 2.27. The van der Waals surface area contributed by atoms with Gasteiger partial charge in [-0.3, -0.25) is 14.2 Å². The fourth-order valence-electron chi connectivity index (χ4n) is 3.58. The van der Waals surface area contributed by atoms with Gasteiger partial charge < -0.3 is 14.2 Å². The third-order valence-corrected chi connectivity index (χ3v) is 6.25. The van der Waals surface area contributed by atoms with Gasteiger partial charge in [0.25, 0.3) is 0 Å². The Morgan fingerprint density at radius 1 is 1.27 bits per heavy atom. The highest BCUT2D eigenvalue weighted by molar-refractivity contribution is 7.17. The molecule has 12 heteroatoms. The van der Waals surface area contributed by atoms with Crippen LogP contribution in [-0.4, -0.2) is 50.0 Å². The van der Waals surface area contributed by atoms with Crippen LogP contribution in [0, 0.1) is 0 Å². The third kappa shape index (κ3) is 3.58. The van der Waals surface area contributed by atoms with Crippen LogP contribution in [0.25, 0.3) is 11.2 Å². The molecule has 3 aromatic rings. The molecule has 0 aliphatic carbocycles. The molecule has 0 saturated carbocycles. The monoisotopic (exact) mass is 450 g/mol. The molecule has 30 heavy (non-hydrogen) atoms. The van der Waals surface area contributed by atoms with E-state index in [1.54, 1.807) is 13.0 Å². The standard InChI is InChI=1S/C18H19ClN6O4S/c1-3-29-17(28)14-21-22-18(30-14)24-6-4-11(5-7-24)25-13-12(8-10(19)9-20-13)23(2)15(26)16(25)27/h8-9,11H,3-7H2,1-2H3. The quantitative estimate of drug-likeness (QED) is 0.435. The fraction of sp³-hybridized carbons (Fsp3) is 0.444. The second kappa shape index (κ2) is 8.15. The molecule has 0 amide bonds. The van der Waals surface area contributed by atoms with Crippen molar-refractivity contribution in [3.63, 3.8) is 0 Å². The van der Waals surface area contributed by atoms with Crippen molar-refractivity contribution in [3.05, 3.63) is 43.0 Å². The average Bonchev–Trinajstić information content (AvgIpc) is 3.24. The molecule has 1 saturated heterocycles. The van der Waals surface area contributed by atoms with Crippen LogP contribution in [0.4, 0.5) is 5.13 Å². The maximum atomic E-state index is 12.8. The van der Waals surface area contributed by atoms with Gasteiger partial charge in [0.1, 0.15) is 0 Å². The van der Waals surface area contributed by atoms with Crippen molar-refractivity contribution in [2.45, 2.75) is 25.8 Å². The molecule has 1 aliphatic heterocycles. The van der Waals surface area contributed by atoms with Crippen molar-refractivity contribution in [3.8, 4) is 0 Å². The molecule has 0 radical (unpaired) electrons. The maximum Gasteiger partial charge on any atom is 0.369 e. The second-order valence-electron chi connectivity index (χ2n) is 6.86. The minimum absolute atomic E-state index is 0.184. The van der Waals surface area contributed by atoms with Crippen LogP contribution in [0.1, 0.15) is 35.6 Å². The van der Waals surface area contributed by atoms with E-state index in [1.165, 1.54) is 33.7 Å². The molecule has 0 aromatic carbocycles. The summed E-state index contributed by atoms with van der Waals surface area (Å²) in [7, 11) is 1.54. The van der Waals surface area contributed by atoms with Gasteiger partial charge in [-0.05, 0) is 25.8 Å². The number of hydrogen-bond donors (Lipinski definition) is 0. The van der Waals surface area contributed by atoms with E-state index in [4.69, 9.17) is 16.3 Å².